The van der Waals surface area contributed by atoms with E-state index < -0.39 is 11.5 Å². The maximum Gasteiger partial charge on any atom is 0.320 e. The number of hydrogen-bond acceptors (Lipinski definition) is 9. The van der Waals surface area contributed by atoms with Gasteiger partial charge in [-0.1, -0.05) is 36.4 Å². The van der Waals surface area contributed by atoms with Gasteiger partial charge in [-0.05, 0) is 98.8 Å². The summed E-state index contributed by atoms with van der Waals surface area (Å²) >= 11 is 0. The highest BCUT2D eigenvalue weighted by molar-refractivity contribution is 5.98. The number of aromatic nitrogens is 1. The van der Waals surface area contributed by atoms with Crippen LogP contribution in [0.25, 0.3) is 10.9 Å². The monoisotopic (exact) mass is 680 g/mol. The standard InChI is InChI=1S/C39H44N4O7/c44-32-14-12-30(31-13-15-35(46)41-36(31)32)33(45)22-40-18-4-5-21-49-29-10-8-27(9-11-29)37(47)43-24-39(25-43,28-6-2-1-3-7-28)38(48)50-34-23-42-19-16-26(34)17-20-42/h1-3,6-15,26,33-34,40,44-45H,4-5,16-25H2,(H,41,46)/t33?,34-/m0/s1. The Kier molecular flexibility index (Phi) is 9.89. The van der Waals surface area contributed by atoms with Crippen LogP contribution in [0.2, 0.25) is 0 Å². The molecule has 4 saturated heterocycles. The predicted molar refractivity (Wildman–Crippen MR) is 188 cm³/mol. The van der Waals surface area contributed by atoms with Gasteiger partial charge in [0.15, 0.2) is 0 Å². The van der Waals surface area contributed by atoms with E-state index in [2.05, 4.69) is 15.2 Å². The number of phenolic OH excluding ortho intramolecular Hbond substituents is 1. The van der Waals surface area contributed by atoms with Crippen LogP contribution in [0, 0.1) is 5.92 Å². The van der Waals surface area contributed by atoms with Crippen LogP contribution in [0.3, 0.4) is 0 Å². The van der Waals surface area contributed by atoms with E-state index in [1.54, 1.807) is 41.3 Å². The van der Waals surface area contributed by atoms with Crippen LogP contribution in [0.5, 0.6) is 11.5 Å². The smallest absolute Gasteiger partial charge is 0.320 e. The zero-order valence-electron chi connectivity index (χ0n) is 28.1. The summed E-state index contributed by atoms with van der Waals surface area (Å²) in [5.41, 5.74) is 1.18. The average molecular weight is 681 g/mol. The van der Waals surface area contributed by atoms with E-state index in [0.29, 0.717) is 53.4 Å². The normalized spacial score (nSPS) is 21.4. The molecule has 11 heteroatoms. The summed E-state index contributed by atoms with van der Waals surface area (Å²) in [6.45, 7) is 5.01. The maximum absolute atomic E-state index is 13.7. The first-order chi connectivity index (χ1) is 24.3. The van der Waals surface area contributed by atoms with Crippen molar-refractivity contribution in [2.24, 2.45) is 5.92 Å². The molecule has 4 N–H and O–H groups in total. The van der Waals surface area contributed by atoms with Gasteiger partial charge in [-0.15, -0.1) is 0 Å². The number of esters is 1. The summed E-state index contributed by atoms with van der Waals surface area (Å²) in [6, 6.07) is 22.9. The van der Waals surface area contributed by atoms with E-state index in [1.165, 1.54) is 12.1 Å². The van der Waals surface area contributed by atoms with Gasteiger partial charge < -0.3 is 34.9 Å². The lowest BCUT2D eigenvalue weighted by molar-refractivity contribution is -0.171. The van der Waals surface area contributed by atoms with Crippen molar-refractivity contribution in [2.75, 3.05) is 52.4 Å². The predicted octanol–water partition coefficient (Wildman–Crippen LogP) is 3.75. The number of phenols is 1. The molecule has 50 heavy (non-hydrogen) atoms. The van der Waals surface area contributed by atoms with Gasteiger partial charge in [-0.3, -0.25) is 19.3 Å². The van der Waals surface area contributed by atoms with Crippen molar-refractivity contribution in [3.05, 3.63) is 106 Å². The first-order valence-corrected chi connectivity index (χ1v) is 17.6. The van der Waals surface area contributed by atoms with Gasteiger partial charge in [0.05, 0.1) is 18.2 Å². The van der Waals surface area contributed by atoms with Crippen molar-refractivity contribution in [1.29, 1.82) is 0 Å². The highest BCUT2D eigenvalue weighted by atomic mass is 16.5. The Balaban J connectivity index is 0.856. The van der Waals surface area contributed by atoms with Gasteiger partial charge in [0.25, 0.3) is 5.91 Å². The average Bonchev–Trinajstić information content (AvgIpc) is 3.12. The van der Waals surface area contributed by atoms with E-state index >= 15 is 0 Å². The summed E-state index contributed by atoms with van der Waals surface area (Å²) in [4.78, 5) is 45.5. The van der Waals surface area contributed by atoms with Crippen LogP contribution in [-0.2, 0) is 14.9 Å². The molecular formula is C39H44N4O7. The van der Waals surface area contributed by atoms with Gasteiger partial charge in [-0.2, -0.15) is 0 Å². The number of hydrogen-bond donors (Lipinski definition) is 4. The van der Waals surface area contributed by atoms with Gasteiger partial charge >= 0.3 is 5.97 Å². The number of aliphatic hydroxyl groups is 1. The van der Waals surface area contributed by atoms with E-state index in [1.807, 2.05) is 30.3 Å². The minimum Gasteiger partial charge on any atom is -0.506 e. The zero-order chi connectivity index (χ0) is 34.7. The number of H-pyrrole nitrogens is 1. The molecule has 1 unspecified atom stereocenters. The summed E-state index contributed by atoms with van der Waals surface area (Å²) in [7, 11) is 0. The molecule has 1 amide bonds. The Labute approximate surface area is 290 Å². The zero-order valence-corrected chi connectivity index (χ0v) is 28.1. The number of carbonyl (C=O) groups is 2. The number of piperidine rings is 3. The minimum absolute atomic E-state index is 0.0395. The molecule has 0 spiro atoms. The SMILES string of the molecule is O=C(c1ccc(OCCCCNCC(O)c2ccc(O)c3[nH]c(=O)ccc23)cc1)N1CC(C(=O)O[C@H]2CN3CCC2CC3)(c2ccccc2)C1. The molecule has 2 bridgehead atoms. The van der Waals surface area contributed by atoms with Crippen LogP contribution in [0.15, 0.2) is 83.7 Å². The number of rotatable bonds is 13. The molecule has 11 nitrogen and oxygen atoms in total. The molecule has 5 heterocycles. The third-order valence-electron chi connectivity index (χ3n) is 10.5. The fraction of sp³-hybridized carbons (Fsp3) is 0.410. The third-order valence-corrected chi connectivity index (χ3v) is 10.5. The Morgan fingerprint density at radius 1 is 0.960 bits per heavy atom. The number of aromatic hydroxyl groups is 1. The van der Waals surface area contributed by atoms with Crippen molar-refractivity contribution in [3.8, 4) is 11.5 Å². The number of ether oxygens (including phenoxy) is 2. The number of amides is 1. The molecule has 2 atom stereocenters. The topological polar surface area (TPSA) is 144 Å². The van der Waals surface area contributed by atoms with Crippen molar-refractivity contribution in [2.45, 2.75) is 43.3 Å². The number of aromatic amines is 1. The number of fused-ring (bicyclic) bond motifs is 4. The summed E-state index contributed by atoms with van der Waals surface area (Å²) in [5.74, 6) is 0.695. The number of likely N-dealkylation sites (tertiary alicyclic amines) is 1. The number of benzene rings is 3. The number of carbonyl (C=O) groups excluding carboxylic acids is 2. The van der Waals surface area contributed by atoms with Crippen LogP contribution < -0.4 is 15.6 Å². The Morgan fingerprint density at radius 2 is 1.72 bits per heavy atom. The van der Waals surface area contributed by atoms with Crippen LogP contribution >= 0.6 is 0 Å². The fourth-order valence-electron chi connectivity index (χ4n) is 7.55. The Bertz CT molecular complexity index is 1870. The Morgan fingerprint density at radius 3 is 2.44 bits per heavy atom. The molecule has 0 saturated carbocycles. The molecule has 3 aromatic carbocycles. The largest absolute Gasteiger partial charge is 0.506 e. The van der Waals surface area contributed by atoms with Gasteiger partial charge in [0.1, 0.15) is 23.0 Å². The van der Waals surface area contributed by atoms with Crippen LogP contribution in [0.1, 0.15) is 53.3 Å². The minimum atomic E-state index is -0.861. The number of aliphatic hydroxyl groups excluding tert-OH is 1. The molecule has 0 radical (unpaired) electrons. The molecule has 4 fully saturated rings. The maximum atomic E-state index is 13.7. The molecule has 1 aromatic heterocycles. The van der Waals surface area contributed by atoms with Crippen LogP contribution in [-0.4, -0.2) is 95.4 Å². The van der Waals surface area contributed by atoms with Gasteiger partial charge in [0.2, 0.25) is 5.56 Å². The number of unbranched alkanes of at least 4 members (excludes halogenated alkanes) is 1. The molecule has 4 aromatic rings. The van der Waals surface area contributed by atoms with E-state index in [9.17, 15) is 24.6 Å². The van der Waals surface area contributed by atoms with E-state index in [0.717, 1.165) is 50.9 Å². The third kappa shape index (κ3) is 6.98. The molecular weight excluding hydrogens is 636 g/mol. The number of pyridine rings is 1. The highest BCUT2D eigenvalue weighted by Gasteiger charge is 2.54. The van der Waals surface area contributed by atoms with Crippen LogP contribution in [0.4, 0.5) is 0 Å². The molecule has 4 aliphatic heterocycles. The summed E-state index contributed by atoms with van der Waals surface area (Å²) < 4.78 is 12.1. The summed E-state index contributed by atoms with van der Waals surface area (Å²) in [5, 5.41) is 24.6. The van der Waals surface area contributed by atoms with Crippen molar-refractivity contribution < 1.29 is 29.3 Å². The van der Waals surface area contributed by atoms with Gasteiger partial charge in [-0.25, -0.2) is 0 Å². The lowest BCUT2D eigenvalue weighted by Crippen LogP contribution is -2.66. The molecule has 4 aliphatic rings. The Hall–Kier alpha value is -4.71. The summed E-state index contributed by atoms with van der Waals surface area (Å²) in [6.07, 6.45) is 2.85. The van der Waals surface area contributed by atoms with Crippen molar-refractivity contribution in [1.82, 2.24) is 20.1 Å². The van der Waals surface area contributed by atoms with E-state index in [-0.39, 0.29) is 42.4 Å². The quantitative estimate of drug-likeness (QED) is 0.123. The lowest BCUT2D eigenvalue weighted by atomic mass is 9.73. The van der Waals surface area contributed by atoms with Crippen molar-refractivity contribution >= 4 is 22.8 Å². The first kappa shape index (κ1) is 33.8. The molecule has 0 aliphatic carbocycles. The second-order valence-electron chi connectivity index (χ2n) is 13.8. The highest BCUT2D eigenvalue weighted by Crippen LogP contribution is 2.39. The fourth-order valence-corrected chi connectivity index (χ4v) is 7.55. The lowest BCUT2D eigenvalue weighted by Gasteiger charge is -2.50. The van der Waals surface area contributed by atoms with Gasteiger partial charge in [0, 0.05) is 43.2 Å². The van der Waals surface area contributed by atoms with E-state index in [4.69, 9.17) is 9.47 Å². The molecule has 8 rings (SSSR count). The number of nitrogens with zero attached hydrogens (tertiary/aromatic N) is 2. The number of nitrogens with one attached hydrogen (secondary N) is 2. The first-order valence-electron chi connectivity index (χ1n) is 17.6. The van der Waals surface area contributed by atoms with Crippen molar-refractivity contribution in [3.63, 3.8) is 0 Å². The second kappa shape index (κ2) is 14.6. The molecule has 262 valence electrons. The second-order valence-corrected chi connectivity index (χ2v) is 13.8.